The number of fused-ring (bicyclic) bond motifs is 2. The number of hydrogen-bond donors (Lipinski definition) is 4. The van der Waals surface area contributed by atoms with Gasteiger partial charge in [0.25, 0.3) is 5.79 Å². The van der Waals surface area contributed by atoms with Crippen molar-refractivity contribution in [1.29, 1.82) is 0 Å². The largest absolute Gasteiger partial charge is 0.506 e. The molecule has 2 heterocycles. The highest BCUT2D eigenvalue weighted by Crippen LogP contribution is 2.58. The number of benzene rings is 4. The van der Waals surface area contributed by atoms with Crippen LogP contribution < -0.4 is 30.4 Å². The van der Waals surface area contributed by atoms with Crippen LogP contribution in [0.3, 0.4) is 0 Å². The van der Waals surface area contributed by atoms with E-state index in [1.54, 1.807) is 24.3 Å². The van der Waals surface area contributed by atoms with Crippen molar-refractivity contribution in [3.05, 3.63) is 82.9 Å². The molecular weight excluding hydrogens is 544 g/mol. The Kier molecular flexibility index (Phi) is 6.38. The van der Waals surface area contributed by atoms with E-state index in [0.717, 1.165) is 33.8 Å². The monoisotopic (exact) mass is 582 g/mol. The predicted octanol–water partition coefficient (Wildman–Crippen LogP) is 7.98. The van der Waals surface area contributed by atoms with Gasteiger partial charge >= 0.3 is 0 Å². The van der Waals surface area contributed by atoms with Gasteiger partial charge in [-0.15, -0.1) is 0 Å². The van der Waals surface area contributed by atoms with E-state index in [-0.39, 0.29) is 22.9 Å². The number of hydrogen-bond acceptors (Lipinski definition) is 8. The van der Waals surface area contributed by atoms with E-state index >= 15 is 0 Å². The number of ether oxygens (including phenoxy) is 4. The molecular formula is C35H38N2O6. The fourth-order valence-corrected chi connectivity index (χ4v) is 6.60. The number of aromatic hydroxyl groups is 2. The quantitative estimate of drug-likeness (QED) is 0.141. The number of aryl methyl sites for hydroxylation is 2. The van der Waals surface area contributed by atoms with Crippen molar-refractivity contribution in [1.82, 2.24) is 0 Å². The Hall–Kier alpha value is -4.72. The van der Waals surface area contributed by atoms with Crippen LogP contribution >= 0.6 is 0 Å². The highest BCUT2D eigenvalue weighted by atomic mass is 16.7. The highest BCUT2D eigenvalue weighted by Gasteiger charge is 2.55. The first-order chi connectivity index (χ1) is 20.2. The van der Waals surface area contributed by atoms with Gasteiger partial charge in [0.15, 0.2) is 0 Å². The molecule has 0 saturated heterocycles. The van der Waals surface area contributed by atoms with E-state index in [1.165, 1.54) is 12.1 Å². The molecule has 4 aromatic rings. The molecule has 6 N–H and O–H groups in total. The van der Waals surface area contributed by atoms with Gasteiger partial charge in [-0.25, -0.2) is 0 Å². The van der Waals surface area contributed by atoms with Crippen LogP contribution in [0, 0.1) is 13.8 Å². The molecule has 0 fully saturated rings. The lowest BCUT2D eigenvalue weighted by Crippen LogP contribution is -2.56. The maximum absolute atomic E-state index is 10.1. The van der Waals surface area contributed by atoms with Crippen LogP contribution in [0.15, 0.2) is 60.7 Å². The van der Waals surface area contributed by atoms with Crippen LogP contribution in [-0.2, 0) is 10.8 Å². The first kappa shape index (κ1) is 28.4. The van der Waals surface area contributed by atoms with E-state index in [9.17, 15) is 10.2 Å². The maximum Gasteiger partial charge on any atom is 0.253 e. The van der Waals surface area contributed by atoms with Crippen LogP contribution in [-0.4, -0.2) is 16.0 Å². The molecule has 1 spiro atoms. The van der Waals surface area contributed by atoms with Crippen molar-refractivity contribution >= 4 is 11.4 Å². The van der Waals surface area contributed by atoms with Crippen molar-refractivity contribution in [3.63, 3.8) is 0 Å². The van der Waals surface area contributed by atoms with Gasteiger partial charge in [0, 0.05) is 46.9 Å². The molecule has 0 aliphatic carbocycles. The zero-order chi connectivity index (χ0) is 30.9. The molecule has 0 amide bonds. The van der Waals surface area contributed by atoms with Crippen LogP contribution in [0.1, 0.15) is 62.8 Å². The third-order valence-corrected chi connectivity index (χ3v) is 8.44. The van der Waals surface area contributed by atoms with E-state index in [1.807, 2.05) is 38.1 Å². The minimum Gasteiger partial charge on any atom is -0.506 e. The van der Waals surface area contributed by atoms with Crippen molar-refractivity contribution < 1.29 is 29.2 Å². The van der Waals surface area contributed by atoms with Gasteiger partial charge in [0.2, 0.25) is 0 Å². The molecule has 2 aliphatic rings. The number of nitrogen functional groups attached to an aromatic ring is 2. The lowest BCUT2D eigenvalue weighted by molar-refractivity contribution is -0.167. The lowest BCUT2D eigenvalue weighted by atomic mass is 9.68. The molecule has 0 unspecified atom stereocenters. The van der Waals surface area contributed by atoms with Gasteiger partial charge in [-0.3, -0.25) is 0 Å². The third-order valence-electron chi connectivity index (χ3n) is 8.44. The molecule has 8 heteroatoms. The molecule has 43 heavy (non-hydrogen) atoms. The normalized spacial score (nSPS) is 17.3. The highest BCUT2D eigenvalue weighted by molar-refractivity contribution is 5.61. The Morgan fingerprint density at radius 1 is 0.628 bits per heavy atom. The Bertz CT molecular complexity index is 1630. The summed E-state index contributed by atoms with van der Waals surface area (Å²) in [5, 5.41) is 20.3. The smallest absolute Gasteiger partial charge is 0.253 e. The second-order valence-electron chi connectivity index (χ2n) is 13.1. The summed E-state index contributed by atoms with van der Waals surface area (Å²) >= 11 is 0. The van der Waals surface area contributed by atoms with E-state index in [4.69, 9.17) is 30.4 Å². The van der Waals surface area contributed by atoms with Crippen molar-refractivity contribution in [2.45, 2.75) is 71.0 Å². The Morgan fingerprint density at radius 3 is 1.40 bits per heavy atom. The first-order valence-electron chi connectivity index (χ1n) is 14.4. The molecule has 0 saturated carbocycles. The summed E-state index contributed by atoms with van der Waals surface area (Å²) in [5.41, 5.74) is 15.2. The Balaban J connectivity index is 1.40. The zero-order valence-corrected chi connectivity index (χ0v) is 25.4. The summed E-state index contributed by atoms with van der Waals surface area (Å²) in [6.07, 6.45) is 1.14. The summed E-state index contributed by atoms with van der Waals surface area (Å²) < 4.78 is 26.5. The van der Waals surface area contributed by atoms with Crippen LogP contribution in [0.4, 0.5) is 11.4 Å². The van der Waals surface area contributed by atoms with E-state index < -0.39 is 16.6 Å². The summed E-state index contributed by atoms with van der Waals surface area (Å²) in [6, 6.07) is 17.6. The molecule has 2 aliphatic heterocycles. The SMILES string of the molecule is Cc1ccc(Oc2ccc(N)c(O)c2)c2c1OC1(CC2(C)C)CC(C)(C)c2c(Oc3ccc(N)c(O)c3)ccc(C)c2O1. The Labute approximate surface area is 251 Å². The molecule has 0 atom stereocenters. The van der Waals surface area contributed by atoms with E-state index in [2.05, 4.69) is 27.7 Å². The molecule has 8 nitrogen and oxygen atoms in total. The standard InChI is InChI=1S/C35H38N2O6/c1-19-7-13-27(40-21-9-11-23(36)25(38)15-21)29-31(19)42-35(17-33(29,3)4)18-34(5,6)30-28(14-8-20(2)32(30)43-35)41-22-10-12-24(37)26(39)16-22/h7-16,38-39H,17-18,36-37H2,1-6H3. The summed E-state index contributed by atoms with van der Waals surface area (Å²) in [4.78, 5) is 0. The minimum atomic E-state index is -0.946. The number of phenols is 2. The van der Waals surface area contributed by atoms with E-state index in [0.29, 0.717) is 35.8 Å². The average Bonchev–Trinajstić information content (AvgIpc) is 2.90. The average molecular weight is 583 g/mol. The van der Waals surface area contributed by atoms with Gasteiger partial charge in [0.1, 0.15) is 46.0 Å². The number of nitrogens with two attached hydrogens (primary N) is 2. The van der Waals surface area contributed by atoms with Crippen LogP contribution in [0.5, 0.6) is 46.0 Å². The number of anilines is 2. The van der Waals surface area contributed by atoms with Gasteiger partial charge < -0.3 is 40.6 Å². The Morgan fingerprint density at radius 2 is 1.02 bits per heavy atom. The van der Waals surface area contributed by atoms with Crippen LogP contribution in [0.25, 0.3) is 0 Å². The molecule has 0 bridgehead atoms. The summed E-state index contributed by atoms with van der Waals surface area (Å²) in [5.74, 6) is 2.72. The molecule has 224 valence electrons. The zero-order valence-electron chi connectivity index (χ0n) is 25.4. The van der Waals surface area contributed by atoms with Gasteiger partial charge in [-0.1, -0.05) is 39.8 Å². The first-order valence-corrected chi connectivity index (χ1v) is 14.4. The minimum absolute atomic E-state index is 0.0311. The summed E-state index contributed by atoms with van der Waals surface area (Å²) in [6.45, 7) is 12.7. The molecule has 0 radical (unpaired) electrons. The number of rotatable bonds is 4. The third kappa shape index (κ3) is 4.90. The topological polar surface area (TPSA) is 129 Å². The van der Waals surface area contributed by atoms with Crippen LogP contribution in [0.2, 0.25) is 0 Å². The van der Waals surface area contributed by atoms with Gasteiger partial charge in [-0.05, 0) is 61.4 Å². The van der Waals surface area contributed by atoms with Gasteiger partial charge in [0.05, 0.1) is 11.4 Å². The fraction of sp³-hybridized carbons (Fsp3) is 0.314. The fourth-order valence-electron chi connectivity index (χ4n) is 6.60. The van der Waals surface area contributed by atoms with Crippen molar-refractivity contribution in [2.24, 2.45) is 0 Å². The second kappa shape index (κ2) is 9.66. The van der Waals surface area contributed by atoms with Crippen molar-refractivity contribution in [2.75, 3.05) is 11.5 Å². The predicted molar refractivity (Wildman–Crippen MR) is 167 cm³/mol. The molecule has 6 rings (SSSR count). The second-order valence-corrected chi connectivity index (χ2v) is 13.1. The molecule has 0 aromatic heterocycles. The number of phenolic OH excluding ortho intramolecular Hbond substituents is 2. The van der Waals surface area contributed by atoms with Crippen molar-refractivity contribution in [3.8, 4) is 46.0 Å². The molecule has 4 aromatic carbocycles. The maximum atomic E-state index is 10.1. The summed E-state index contributed by atoms with van der Waals surface area (Å²) in [7, 11) is 0. The lowest BCUT2D eigenvalue weighted by Gasteiger charge is -2.52. The van der Waals surface area contributed by atoms with Gasteiger partial charge in [-0.2, -0.15) is 0 Å².